The molecule has 0 rings (SSSR count). The molecule has 0 spiro atoms. The van der Waals surface area contributed by atoms with Gasteiger partial charge in [-0.25, -0.2) is 0 Å². The fraction of sp³-hybridized carbons (Fsp3) is 1.00. The SMILES string of the molecule is NCCC(F)(F)C(F)(F)C(F)(F)C(F)(F)CCO. The summed E-state index contributed by atoms with van der Waals surface area (Å²) in [6.07, 6.45) is -3.93. The van der Waals surface area contributed by atoms with E-state index in [0.29, 0.717) is 0 Å². The molecule has 0 aromatic carbocycles. The van der Waals surface area contributed by atoms with Crippen LogP contribution >= 0.6 is 0 Å². The lowest BCUT2D eigenvalue weighted by atomic mass is 9.95. The third kappa shape index (κ3) is 2.68. The Labute approximate surface area is 96.8 Å². The van der Waals surface area contributed by atoms with Gasteiger partial charge in [-0.15, -0.1) is 0 Å². The highest BCUT2D eigenvalue weighted by atomic mass is 19.4. The van der Waals surface area contributed by atoms with E-state index in [1.165, 1.54) is 0 Å². The average Bonchev–Trinajstić information content (AvgIpc) is 2.16. The number of halogens is 8. The van der Waals surface area contributed by atoms with Gasteiger partial charge in [0.25, 0.3) is 0 Å². The third-order valence-corrected chi connectivity index (χ3v) is 2.20. The van der Waals surface area contributed by atoms with Crippen molar-refractivity contribution in [1.82, 2.24) is 0 Å². The van der Waals surface area contributed by atoms with Crippen molar-refractivity contribution >= 4 is 0 Å². The van der Waals surface area contributed by atoms with E-state index < -0.39 is 49.7 Å². The van der Waals surface area contributed by atoms with Gasteiger partial charge in [-0.2, -0.15) is 35.1 Å². The van der Waals surface area contributed by atoms with Gasteiger partial charge in [0.05, 0.1) is 0 Å². The van der Waals surface area contributed by atoms with E-state index in [4.69, 9.17) is 5.11 Å². The molecule has 110 valence electrons. The summed E-state index contributed by atoms with van der Waals surface area (Å²) in [6, 6.07) is 0. The minimum Gasteiger partial charge on any atom is -0.396 e. The predicted molar refractivity (Wildman–Crippen MR) is 45.2 cm³/mol. The van der Waals surface area contributed by atoms with Crippen LogP contribution < -0.4 is 5.73 Å². The number of aliphatic hydroxyl groups excluding tert-OH is 1. The van der Waals surface area contributed by atoms with Crippen LogP contribution in [0.5, 0.6) is 0 Å². The highest BCUT2D eigenvalue weighted by Gasteiger charge is 2.79. The van der Waals surface area contributed by atoms with Crippen LogP contribution in [-0.4, -0.2) is 41.9 Å². The van der Waals surface area contributed by atoms with Crippen molar-refractivity contribution in [3.8, 4) is 0 Å². The van der Waals surface area contributed by atoms with E-state index in [1.807, 2.05) is 0 Å². The van der Waals surface area contributed by atoms with Gasteiger partial charge in [-0.05, 0) is 6.54 Å². The summed E-state index contributed by atoms with van der Waals surface area (Å²) < 4.78 is 102. The smallest absolute Gasteiger partial charge is 0.378 e. The van der Waals surface area contributed by atoms with Gasteiger partial charge in [0.1, 0.15) is 0 Å². The Bertz CT molecular complexity index is 252. The van der Waals surface area contributed by atoms with Crippen LogP contribution in [0, 0.1) is 0 Å². The minimum absolute atomic E-state index is 1.08. The Balaban J connectivity index is 5.43. The highest BCUT2D eigenvalue weighted by Crippen LogP contribution is 2.54. The second-order valence-electron chi connectivity index (χ2n) is 3.57. The molecule has 2 nitrogen and oxygen atoms in total. The van der Waals surface area contributed by atoms with E-state index in [2.05, 4.69) is 5.73 Å². The molecule has 0 bridgehead atoms. The Kier molecular flexibility index (Phi) is 4.97. The second kappa shape index (κ2) is 5.16. The molecule has 3 N–H and O–H groups in total. The highest BCUT2D eigenvalue weighted by molar-refractivity contribution is 5.03. The van der Waals surface area contributed by atoms with Gasteiger partial charge in [0.15, 0.2) is 0 Å². The molecule has 0 unspecified atom stereocenters. The van der Waals surface area contributed by atoms with Gasteiger partial charge in [-0.1, -0.05) is 0 Å². The molecule has 0 aliphatic heterocycles. The molecular formula is C8H11F8NO. The molecule has 0 atom stereocenters. The summed E-state index contributed by atoms with van der Waals surface area (Å²) in [7, 11) is 0. The number of alkyl halides is 8. The summed E-state index contributed by atoms with van der Waals surface area (Å²) in [6.45, 7) is -2.63. The van der Waals surface area contributed by atoms with Crippen LogP contribution in [0.25, 0.3) is 0 Å². The van der Waals surface area contributed by atoms with Crippen LogP contribution in [0.1, 0.15) is 12.8 Å². The van der Waals surface area contributed by atoms with Crippen molar-refractivity contribution in [2.75, 3.05) is 13.2 Å². The van der Waals surface area contributed by atoms with Crippen molar-refractivity contribution < 1.29 is 40.2 Å². The van der Waals surface area contributed by atoms with Crippen molar-refractivity contribution in [2.24, 2.45) is 5.73 Å². The van der Waals surface area contributed by atoms with E-state index in [-0.39, 0.29) is 0 Å². The first kappa shape index (κ1) is 17.4. The maximum Gasteiger partial charge on any atom is 0.378 e. The molecule has 0 saturated carbocycles. The first-order valence-electron chi connectivity index (χ1n) is 4.69. The van der Waals surface area contributed by atoms with Crippen LogP contribution in [0.3, 0.4) is 0 Å². The van der Waals surface area contributed by atoms with Gasteiger partial charge in [0.2, 0.25) is 0 Å². The molecule has 0 fully saturated rings. The zero-order valence-corrected chi connectivity index (χ0v) is 8.88. The van der Waals surface area contributed by atoms with Gasteiger partial charge >= 0.3 is 23.7 Å². The molecule has 0 heterocycles. The lowest BCUT2D eigenvalue weighted by Gasteiger charge is -2.36. The molecule has 0 aliphatic carbocycles. The first-order valence-corrected chi connectivity index (χ1v) is 4.69. The molecule has 18 heavy (non-hydrogen) atoms. The van der Waals surface area contributed by atoms with Crippen molar-refractivity contribution in [1.29, 1.82) is 0 Å². The van der Waals surface area contributed by atoms with Crippen molar-refractivity contribution in [3.05, 3.63) is 0 Å². The Morgan fingerprint density at radius 3 is 1.33 bits per heavy atom. The Morgan fingerprint density at radius 2 is 1.06 bits per heavy atom. The van der Waals surface area contributed by atoms with Gasteiger partial charge in [0, 0.05) is 19.4 Å². The molecule has 10 heteroatoms. The quantitative estimate of drug-likeness (QED) is 0.706. The van der Waals surface area contributed by atoms with Crippen LogP contribution in [-0.2, 0) is 0 Å². The van der Waals surface area contributed by atoms with Crippen LogP contribution in [0.4, 0.5) is 35.1 Å². The lowest BCUT2D eigenvalue weighted by molar-refractivity contribution is -0.368. The number of hydrogen-bond acceptors (Lipinski definition) is 2. The van der Waals surface area contributed by atoms with Crippen molar-refractivity contribution in [3.63, 3.8) is 0 Å². The topological polar surface area (TPSA) is 46.2 Å². The normalized spacial score (nSPS) is 15.0. The zero-order valence-electron chi connectivity index (χ0n) is 8.88. The monoisotopic (exact) mass is 289 g/mol. The largest absolute Gasteiger partial charge is 0.396 e. The van der Waals surface area contributed by atoms with Crippen LogP contribution in [0.15, 0.2) is 0 Å². The fourth-order valence-electron chi connectivity index (χ4n) is 1.10. The molecule has 0 aromatic rings. The maximum atomic E-state index is 12.9. The van der Waals surface area contributed by atoms with Gasteiger partial charge in [-0.3, -0.25) is 0 Å². The molecule has 0 radical (unpaired) electrons. The first-order chi connectivity index (χ1) is 7.87. The minimum atomic E-state index is -6.30. The summed E-state index contributed by atoms with van der Waals surface area (Å²) in [5.74, 6) is -23.4. The number of aliphatic hydroxyl groups is 1. The summed E-state index contributed by atoms with van der Waals surface area (Å²) >= 11 is 0. The molecule has 0 saturated heterocycles. The Morgan fingerprint density at radius 1 is 0.722 bits per heavy atom. The maximum absolute atomic E-state index is 12.9. The van der Waals surface area contributed by atoms with Gasteiger partial charge < -0.3 is 10.8 Å². The summed E-state index contributed by atoms with van der Waals surface area (Å²) in [5, 5.41) is 8.07. The standard InChI is InChI=1S/C8H11F8NO/c9-5(10,1-3-17)7(13,14)8(15,16)6(11,12)2-4-18/h18H,1-4,17H2. The van der Waals surface area contributed by atoms with E-state index in [9.17, 15) is 35.1 Å². The van der Waals surface area contributed by atoms with E-state index in [0.717, 1.165) is 0 Å². The summed E-state index contributed by atoms with van der Waals surface area (Å²) in [5.41, 5.74) is 4.54. The second-order valence-corrected chi connectivity index (χ2v) is 3.57. The molecule has 0 aliphatic rings. The predicted octanol–water partition coefficient (Wildman–Crippen LogP) is 2.26. The van der Waals surface area contributed by atoms with Crippen molar-refractivity contribution in [2.45, 2.75) is 36.5 Å². The Hall–Kier alpha value is -0.640. The van der Waals surface area contributed by atoms with E-state index >= 15 is 0 Å². The van der Waals surface area contributed by atoms with E-state index in [1.54, 1.807) is 0 Å². The van der Waals surface area contributed by atoms with Crippen LogP contribution in [0.2, 0.25) is 0 Å². The zero-order chi connectivity index (χ0) is 14.8. The molecule has 0 aromatic heterocycles. The number of nitrogens with two attached hydrogens (primary N) is 1. The average molecular weight is 289 g/mol. The summed E-state index contributed by atoms with van der Waals surface area (Å²) in [4.78, 5) is 0. The molecule has 0 amide bonds. The third-order valence-electron chi connectivity index (χ3n) is 2.20. The number of rotatable bonds is 7. The lowest BCUT2D eigenvalue weighted by Crippen LogP contribution is -2.62. The fourth-order valence-corrected chi connectivity index (χ4v) is 1.10. The number of hydrogen-bond donors (Lipinski definition) is 2. The molecular weight excluding hydrogens is 278 g/mol.